The molecule has 0 spiro atoms. The molecular weight excluding hydrogens is 358 g/mol. The zero-order chi connectivity index (χ0) is 20.7. The van der Waals surface area contributed by atoms with Gasteiger partial charge in [0, 0.05) is 26.2 Å². The molecule has 0 saturated carbocycles. The number of carbonyl (C=O) groups excluding carboxylic acids is 3. The normalized spacial score (nSPS) is 12.1. The summed E-state index contributed by atoms with van der Waals surface area (Å²) in [5.41, 5.74) is 0. The van der Waals surface area contributed by atoms with Gasteiger partial charge in [0.25, 0.3) is 0 Å². The molecule has 9 heteroatoms. The molecule has 0 amide bonds. The number of rotatable bonds is 15. The summed E-state index contributed by atoms with van der Waals surface area (Å²) in [5, 5.41) is 2.89. The highest BCUT2D eigenvalue weighted by Crippen LogP contribution is 2.13. The highest BCUT2D eigenvalue weighted by Gasteiger charge is 2.42. The van der Waals surface area contributed by atoms with E-state index in [1.165, 1.54) is 0 Å². The first-order chi connectivity index (χ1) is 13.0. The van der Waals surface area contributed by atoms with Crippen LogP contribution in [0.15, 0.2) is 0 Å². The molecule has 0 heterocycles. The van der Waals surface area contributed by atoms with Gasteiger partial charge in [-0.1, -0.05) is 0 Å². The first-order valence-electron chi connectivity index (χ1n) is 9.42. The molecule has 0 rings (SSSR count). The Balaban J connectivity index is 5.27. The summed E-state index contributed by atoms with van der Waals surface area (Å²) in [5.74, 6) is -3.87. The lowest BCUT2D eigenvalue weighted by Crippen LogP contribution is -2.51. The van der Waals surface area contributed by atoms with Crippen molar-refractivity contribution >= 4 is 17.9 Å². The third-order valence-electron chi connectivity index (χ3n) is 3.40. The van der Waals surface area contributed by atoms with Gasteiger partial charge in [-0.05, 0) is 34.6 Å². The fourth-order valence-corrected chi connectivity index (χ4v) is 2.35. The quantitative estimate of drug-likeness (QED) is 0.189. The fourth-order valence-electron chi connectivity index (χ4n) is 2.35. The molecule has 0 saturated heterocycles. The smallest absolute Gasteiger partial charge is 0.324 e. The summed E-state index contributed by atoms with van der Waals surface area (Å²) in [6, 6.07) is -1.23. The SMILES string of the molecule is CCOC(=O)C(NCCC(OCC)OCC)C(C(=O)OCC)C(=O)OCC. The molecule has 1 N–H and O–H groups in total. The van der Waals surface area contributed by atoms with E-state index in [0.717, 1.165) is 0 Å². The van der Waals surface area contributed by atoms with Crippen LogP contribution in [0.4, 0.5) is 0 Å². The lowest BCUT2D eigenvalue weighted by molar-refractivity contribution is -0.169. The summed E-state index contributed by atoms with van der Waals surface area (Å²) in [4.78, 5) is 36.9. The second-order valence-electron chi connectivity index (χ2n) is 5.29. The van der Waals surface area contributed by atoms with Crippen molar-refractivity contribution in [3.63, 3.8) is 0 Å². The number of carbonyl (C=O) groups is 3. The summed E-state index contributed by atoms with van der Waals surface area (Å²) in [6.45, 7) is 10.0. The van der Waals surface area contributed by atoms with E-state index in [0.29, 0.717) is 19.6 Å². The van der Waals surface area contributed by atoms with E-state index in [9.17, 15) is 14.4 Å². The van der Waals surface area contributed by atoms with Gasteiger partial charge in [-0.2, -0.15) is 0 Å². The molecule has 0 aliphatic carbocycles. The number of nitrogens with one attached hydrogen (secondary N) is 1. The Kier molecular flexibility index (Phi) is 14.4. The van der Waals surface area contributed by atoms with Crippen LogP contribution in [-0.2, 0) is 38.1 Å². The monoisotopic (exact) mass is 391 g/mol. The van der Waals surface area contributed by atoms with E-state index in [1.54, 1.807) is 20.8 Å². The Bertz CT molecular complexity index is 419. The van der Waals surface area contributed by atoms with E-state index >= 15 is 0 Å². The van der Waals surface area contributed by atoms with Crippen molar-refractivity contribution in [2.75, 3.05) is 39.6 Å². The average molecular weight is 391 g/mol. The van der Waals surface area contributed by atoms with E-state index in [2.05, 4.69) is 5.32 Å². The highest BCUT2D eigenvalue weighted by atomic mass is 16.7. The molecule has 0 aromatic carbocycles. The van der Waals surface area contributed by atoms with Crippen LogP contribution < -0.4 is 5.32 Å². The maximum atomic E-state index is 12.4. The third-order valence-corrected chi connectivity index (χ3v) is 3.40. The molecule has 0 radical (unpaired) electrons. The second-order valence-corrected chi connectivity index (χ2v) is 5.29. The van der Waals surface area contributed by atoms with Crippen molar-refractivity contribution in [1.82, 2.24) is 5.32 Å². The molecule has 1 unspecified atom stereocenters. The van der Waals surface area contributed by atoms with Gasteiger partial charge in [-0.25, -0.2) is 0 Å². The van der Waals surface area contributed by atoms with Gasteiger partial charge >= 0.3 is 17.9 Å². The molecule has 0 bridgehead atoms. The largest absolute Gasteiger partial charge is 0.465 e. The minimum atomic E-state index is -1.46. The Labute approximate surface area is 161 Å². The first kappa shape index (κ1) is 25.3. The van der Waals surface area contributed by atoms with Gasteiger partial charge in [-0.3, -0.25) is 14.4 Å². The molecule has 0 aliphatic rings. The lowest BCUT2D eigenvalue weighted by atomic mass is 9.99. The van der Waals surface area contributed by atoms with Crippen LogP contribution in [0, 0.1) is 5.92 Å². The van der Waals surface area contributed by atoms with E-state index in [1.807, 2.05) is 13.8 Å². The Morgan fingerprint density at radius 1 is 0.704 bits per heavy atom. The number of esters is 3. The van der Waals surface area contributed by atoms with Crippen molar-refractivity contribution < 1.29 is 38.1 Å². The predicted molar refractivity (Wildman–Crippen MR) is 96.8 cm³/mol. The standard InChI is InChI=1S/C18H33NO8/c1-6-23-13(24-7-2)11-12-19-15(18(22)27-10-5)14(16(20)25-8-3)17(21)26-9-4/h13-15,19H,6-12H2,1-5H3. The van der Waals surface area contributed by atoms with Crippen LogP contribution in [0.25, 0.3) is 0 Å². The zero-order valence-electron chi connectivity index (χ0n) is 16.9. The highest BCUT2D eigenvalue weighted by molar-refractivity contribution is 6.00. The maximum absolute atomic E-state index is 12.4. The van der Waals surface area contributed by atoms with Crippen LogP contribution in [0.1, 0.15) is 41.0 Å². The van der Waals surface area contributed by atoms with Crippen molar-refractivity contribution in [3.8, 4) is 0 Å². The third kappa shape index (κ3) is 9.69. The first-order valence-corrected chi connectivity index (χ1v) is 9.42. The molecule has 27 heavy (non-hydrogen) atoms. The number of ether oxygens (including phenoxy) is 5. The minimum Gasteiger partial charge on any atom is -0.465 e. The van der Waals surface area contributed by atoms with E-state index < -0.39 is 36.2 Å². The molecule has 0 aromatic heterocycles. The van der Waals surface area contributed by atoms with Gasteiger partial charge in [-0.15, -0.1) is 0 Å². The van der Waals surface area contributed by atoms with Crippen LogP contribution in [0.5, 0.6) is 0 Å². The number of hydrogen-bond donors (Lipinski definition) is 1. The second kappa shape index (κ2) is 15.4. The van der Waals surface area contributed by atoms with Crippen LogP contribution in [0.2, 0.25) is 0 Å². The Hall–Kier alpha value is -1.71. The predicted octanol–water partition coefficient (Wildman–Crippen LogP) is 1.04. The topological polar surface area (TPSA) is 109 Å². The van der Waals surface area contributed by atoms with Crippen molar-refractivity contribution in [3.05, 3.63) is 0 Å². The average Bonchev–Trinajstić information content (AvgIpc) is 2.61. The molecule has 9 nitrogen and oxygen atoms in total. The van der Waals surface area contributed by atoms with Crippen molar-refractivity contribution in [2.45, 2.75) is 53.4 Å². The summed E-state index contributed by atoms with van der Waals surface area (Å²) in [6.07, 6.45) is -0.0466. The van der Waals surface area contributed by atoms with E-state index in [4.69, 9.17) is 23.7 Å². The molecule has 158 valence electrons. The Morgan fingerprint density at radius 3 is 1.56 bits per heavy atom. The van der Waals surface area contributed by atoms with Crippen molar-refractivity contribution in [2.24, 2.45) is 5.92 Å². The zero-order valence-corrected chi connectivity index (χ0v) is 16.9. The molecular formula is C18H33NO8. The van der Waals surface area contributed by atoms with Crippen molar-refractivity contribution in [1.29, 1.82) is 0 Å². The number of hydrogen-bond acceptors (Lipinski definition) is 9. The molecule has 0 fully saturated rings. The molecule has 0 aromatic rings. The van der Waals surface area contributed by atoms with E-state index in [-0.39, 0.29) is 26.4 Å². The maximum Gasteiger partial charge on any atom is 0.324 e. The lowest BCUT2D eigenvalue weighted by Gasteiger charge is -2.24. The van der Waals surface area contributed by atoms with Gasteiger partial charge < -0.3 is 29.0 Å². The Morgan fingerprint density at radius 2 is 1.15 bits per heavy atom. The summed E-state index contributed by atoms with van der Waals surface area (Å²) < 4.78 is 25.8. The van der Waals surface area contributed by atoms with Crippen LogP contribution in [0.3, 0.4) is 0 Å². The molecule has 1 atom stereocenters. The fraction of sp³-hybridized carbons (Fsp3) is 0.833. The van der Waals surface area contributed by atoms with Gasteiger partial charge in [0.05, 0.1) is 19.8 Å². The van der Waals surface area contributed by atoms with Gasteiger partial charge in [0.1, 0.15) is 6.04 Å². The van der Waals surface area contributed by atoms with Gasteiger partial charge in [0.15, 0.2) is 12.2 Å². The van der Waals surface area contributed by atoms with Gasteiger partial charge in [0.2, 0.25) is 0 Å². The minimum absolute atomic E-state index is 0.0705. The molecule has 0 aliphatic heterocycles. The van der Waals surface area contributed by atoms with Crippen LogP contribution in [-0.4, -0.2) is 69.8 Å². The summed E-state index contributed by atoms with van der Waals surface area (Å²) >= 11 is 0. The summed E-state index contributed by atoms with van der Waals surface area (Å²) in [7, 11) is 0. The van der Waals surface area contributed by atoms with Crippen LogP contribution >= 0.6 is 0 Å².